The normalized spacial score (nSPS) is 22.6. The molecule has 0 aromatic carbocycles. The lowest BCUT2D eigenvalue weighted by atomic mass is 9.85. The molecule has 0 saturated carbocycles. The molecule has 1 fully saturated rings. The zero-order valence-corrected chi connectivity index (χ0v) is 14.7. The summed E-state index contributed by atoms with van der Waals surface area (Å²) in [6.07, 6.45) is 4.99. The van der Waals surface area contributed by atoms with Crippen molar-refractivity contribution in [1.82, 2.24) is 9.03 Å². The van der Waals surface area contributed by atoms with Gasteiger partial charge in [0, 0.05) is 24.5 Å². The monoisotopic (exact) mass is 354 g/mol. The van der Waals surface area contributed by atoms with Crippen molar-refractivity contribution in [3.8, 4) is 0 Å². The van der Waals surface area contributed by atoms with Crippen molar-refractivity contribution in [3.63, 3.8) is 0 Å². The molecular formula is C13H27BrN2O2S. The van der Waals surface area contributed by atoms with Crippen molar-refractivity contribution >= 4 is 26.1 Å². The second-order valence-corrected chi connectivity index (χ2v) is 7.89. The molecule has 1 N–H and O–H groups in total. The van der Waals surface area contributed by atoms with E-state index in [0.29, 0.717) is 13.1 Å². The molecule has 0 bridgehead atoms. The maximum absolute atomic E-state index is 12.4. The quantitative estimate of drug-likeness (QED) is 0.714. The van der Waals surface area contributed by atoms with E-state index in [4.69, 9.17) is 0 Å². The first-order valence-corrected chi connectivity index (χ1v) is 9.79. The Morgan fingerprint density at radius 1 is 1.32 bits per heavy atom. The number of nitrogens with zero attached hydrogens (tertiary/aromatic N) is 1. The third-order valence-electron chi connectivity index (χ3n) is 4.46. The Hall–Kier alpha value is 0.350. The summed E-state index contributed by atoms with van der Waals surface area (Å²) in [6.45, 7) is 7.38. The van der Waals surface area contributed by atoms with Gasteiger partial charge in [-0.15, -0.1) is 0 Å². The summed E-state index contributed by atoms with van der Waals surface area (Å²) in [5, 5.41) is 0.824. The van der Waals surface area contributed by atoms with E-state index in [0.717, 1.165) is 37.4 Å². The average molecular weight is 355 g/mol. The molecule has 0 aliphatic carbocycles. The maximum Gasteiger partial charge on any atom is 0.279 e. The first-order valence-electron chi connectivity index (χ1n) is 7.23. The van der Waals surface area contributed by atoms with Crippen LogP contribution in [-0.2, 0) is 10.2 Å². The molecule has 6 heteroatoms. The largest absolute Gasteiger partial charge is 0.279 e. The van der Waals surface area contributed by atoms with Crippen LogP contribution in [-0.4, -0.2) is 37.2 Å². The molecule has 1 unspecified atom stereocenters. The number of hydrogen-bond acceptors (Lipinski definition) is 2. The summed E-state index contributed by atoms with van der Waals surface area (Å²) in [5.41, 5.74) is 0.0199. The number of rotatable bonds is 7. The summed E-state index contributed by atoms with van der Waals surface area (Å²) in [6, 6.07) is 0.118. The molecule has 1 aliphatic heterocycles. The van der Waals surface area contributed by atoms with E-state index in [1.54, 1.807) is 4.31 Å². The fourth-order valence-electron chi connectivity index (χ4n) is 2.49. The minimum absolute atomic E-state index is 0.0199. The Morgan fingerprint density at radius 3 is 2.42 bits per heavy atom. The van der Waals surface area contributed by atoms with Crippen LogP contribution in [0.15, 0.2) is 0 Å². The zero-order valence-electron chi connectivity index (χ0n) is 12.3. The summed E-state index contributed by atoms with van der Waals surface area (Å²) >= 11 is 3.52. The second kappa shape index (κ2) is 7.38. The van der Waals surface area contributed by atoms with E-state index >= 15 is 0 Å². The van der Waals surface area contributed by atoms with Crippen molar-refractivity contribution in [2.45, 2.75) is 58.9 Å². The van der Waals surface area contributed by atoms with Gasteiger partial charge in [0.05, 0.1) is 0 Å². The van der Waals surface area contributed by atoms with E-state index in [-0.39, 0.29) is 11.5 Å². The molecule has 1 aliphatic rings. The lowest BCUT2D eigenvalue weighted by Crippen LogP contribution is -2.50. The highest BCUT2D eigenvalue weighted by Gasteiger charge is 2.32. The number of hydrogen-bond donors (Lipinski definition) is 1. The molecule has 1 saturated heterocycles. The van der Waals surface area contributed by atoms with Crippen LogP contribution < -0.4 is 4.72 Å². The van der Waals surface area contributed by atoms with Gasteiger partial charge in [-0.3, -0.25) is 0 Å². The lowest BCUT2D eigenvalue weighted by molar-refractivity contribution is 0.257. The van der Waals surface area contributed by atoms with E-state index in [9.17, 15) is 8.42 Å². The van der Waals surface area contributed by atoms with Gasteiger partial charge in [0.25, 0.3) is 10.2 Å². The van der Waals surface area contributed by atoms with Crippen LogP contribution in [0.2, 0.25) is 0 Å². The molecule has 0 aromatic heterocycles. The van der Waals surface area contributed by atoms with Crippen LogP contribution >= 0.6 is 15.9 Å². The predicted octanol–water partition coefficient (Wildman–Crippen LogP) is 2.90. The van der Waals surface area contributed by atoms with Crippen molar-refractivity contribution in [2.24, 2.45) is 5.41 Å². The molecule has 19 heavy (non-hydrogen) atoms. The van der Waals surface area contributed by atoms with Crippen LogP contribution in [0.1, 0.15) is 52.9 Å². The minimum atomic E-state index is -3.33. The van der Waals surface area contributed by atoms with Gasteiger partial charge >= 0.3 is 0 Å². The lowest BCUT2D eigenvalue weighted by Gasteiger charge is -2.35. The SMILES string of the molecule is CCC(CC)(CBr)CNS(=O)(=O)N1CCCCC1C. The fraction of sp³-hybridized carbons (Fsp3) is 1.00. The Kier molecular flexibility index (Phi) is 6.76. The zero-order chi connectivity index (χ0) is 14.5. The predicted molar refractivity (Wildman–Crippen MR) is 83.8 cm³/mol. The molecule has 114 valence electrons. The van der Waals surface area contributed by atoms with E-state index in [2.05, 4.69) is 34.5 Å². The van der Waals surface area contributed by atoms with Crippen LogP contribution in [0.5, 0.6) is 0 Å². The molecule has 0 spiro atoms. The smallest absolute Gasteiger partial charge is 0.202 e. The second-order valence-electron chi connectivity index (χ2n) is 5.62. The summed E-state index contributed by atoms with van der Waals surface area (Å²) in [7, 11) is -3.33. The van der Waals surface area contributed by atoms with E-state index in [1.165, 1.54) is 0 Å². The first kappa shape index (κ1) is 17.4. The number of piperidine rings is 1. The average Bonchev–Trinajstić information content (AvgIpc) is 2.41. The van der Waals surface area contributed by atoms with Crippen molar-refractivity contribution in [3.05, 3.63) is 0 Å². The summed E-state index contributed by atoms with van der Waals surface area (Å²) in [5.74, 6) is 0. The van der Waals surface area contributed by atoms with Gasteiger partial charge in [0.15, 0.2) is 0 Å². The van der Waals surface area contributed by atoms with Crippen LogP contribution in [0, 0.1) is 5.41 Å². The Labute approximate surface area is 126 Å². The van der Waals surface area contributed by atoms with Crippen LogP contribution in [0.25, 0.3) is 0 Å². The summed E-state index contributed by atoms with van der Waals surface area (Å²) in [4.78, 5) is 0. The van der Waals surface area contributed by atoms with Crippen molar-refractivity contribution in [2.75, 3.05) is 18.4 Å². The van der Waals surface area contributed by atoms with E-state index < -0.39 is 10.2 Å². The maximum atomic E-state index is 12.4. The number of halogens is 1. The summed E-state index contributed by atoms with van der Waals surface area (Å²) < 4.78 is 29.2. The van der Waals surface area contributed by atoms with Crippen LogP contribution in [0.3, 0.4) is 0 Å². The molecular weight excluding hydrogens is 328 g/mol. The van der Waals surface area contributed by atoms with Gasteiger partial charge < -0.3 is 0 Å². The molecule has 1 atom stereocenters. The molecule has 0 aromatic rings. The van der Waals surface area contributed by atoms with Crippen molar-refractivity contribution < 1.29 is 8.42 Å². The standard InChI is InChI=1S/C13H27BrN2O2S/c1-4-13(5-2,10-14)11-15-19(17,18)16-9-7-6-8-12(16)3/h12,15H,4-11H2,1-3H3. The molecule has 4 nitrogen and oxygen atoms in total. The van der Waals surface area contributed by atoms with E-state index in [1.807, 2.05) is 6.92 Å². The van der Waals surface area contributed by atoms with Crippen molar-refractivity contribution in [1.29, 1.82) is 0 Å². The molecule has 1 rings (SSSR count). The minimum Gasteiger partial charge on any atom is -0.202 e. The number of nitrogens with one attached hydrogen (secondary N) is 1. The highest BCUT2D eigenvalue weighted by atomic mass is 79.9. The van der Waals surface area contributed by atoms with Gasteiger partial charge in [-0.25, -0.2) is 4.72 Å². The third kappa shape index (κ3) is 4.41. The molecule has 0 amide bonds. The van der Waals surface area contributed by atoms with Gasteiger partial charge in [0.2, 0.25) is 0 Å². The Balaban J connectivity index is 2.69. The fourth-order valence-corrected chi connectivity index (χ4v) is 5.09. The van der Waals surface area contributed by atoms with Gasteiger partial charge in [-0.2, -0.15) is 12.7 Å². The van der Waals surface area contributed by atoms with Crippen LogP contribution in [0.4, 0.5) is 0 Å². The number of alkyl halides is 1. The highest BCUT2D eigenvalue weighted by molar-refractivity contribution is 9.09. The molecule has 1 heterocycles. The first-order chi connectivity index (χ1) is 8.90. The Morgan fingerprint density at radius 2 is 1.95 bits per heavy atom. The Bertz CT molecular complexity index is 361. The third-order valence-corrected chi connectivity index (χ3v) is 7.32. The van der Waals surface area contributed by atoms with Gasteiger partial charge in [-0.05, 0) is 38.0 Å². The topological polar surface area (TPSA) is 49.4 Å². The van der Waals surface area contributed by atoms with Gasteiger partial charge in [0.1, 0.15) is 0 Å². The highest BCUT2D eigenvalue weighted by Crippen LogP contribution is 2.28. The molecule has 0 radical (unpaired) electrons. The van der Waals surface area contributed by atoms with Gasteiger partial charge in [-0.1, -0.05) is 36.2 Å².